The summed E-state index contributed by atoms with van der Waals surface area (Å²) in [5.74, 6) is -1.05. The Morgan fingerprint density at radius 1 is 1.33 bits per heavy atom. The highest BCUT2D eigenvalue weighted by atomic mass is 32.1. The maximum atomic E-state index is 12.7. The highest BCUT2D eigenvalue weighted by Gasteiger charge is 2.28. The quantitative estimate of drug-likeness (QED) is 0.719. The minimum atomic E-state index is -0.966. The van der Waals surface area contributed by atoms with Crippen LogP contribution in [0.4, 0.5) is 0 Å². The molecule has 1 fully saturated rings. The Morgan fingerprint density at radius 3 is 2.74 bits per heavy atom. The monoisotopic (exact) mass is 385 g/mol. The van der Waals surface area contributed by atoms with Crippen molar-refractivity contribution in [3.8, 4) is 10.6 Å². The summed E-state index contributed by atoms with van der Waals surface area (Å²) in [5, 5.41) is 22.5. The molecule has 2 N–H and O–H groups in total. The molecule has 0 aliphatic carbocycles. The zero-order valence-electron chi connectivity index (χ0n) is 14.8. The number of likely N-dealkylation sites (tertiary alicyclic amines) is 1. The number of carbonyl (C=O) groups excluding carboxylic acids is 1. The predicted molar refractivity (Wildman–Crippen MR) is 100.0 cm³/mol. The molecule has 0 bridgehead atoms. The lowest BCUT2D eigenvalue weighted by Gasteiger charge is -2.32. The number of H-pyrrole nitrogens is 1. The molecule has 9 heteroatoms. The van der Waals surface area contributed by atoms with Gasteiger partial charge in [0.2, 0.25) is 0 Å². The first-order chi connectivity index (χ1) is 13.0. The third kappa shape index (κ3) is 3.25. The van der Waals surface area contributed by atoms with Crippen molar-refractivity contribution in [2.24, 2.45) is 0 Å². The van der Waals surface area contributed by atoms with Crippen LogP contribution in [0.3, 0.4) is 0 Å². The number of rotatable bonds is 4. The van der Waals surface area contributed by atoms with Crippen molar-refractivity contribution in [3.05, 3.63) is 46.7 Å². The van der Waals surface area contributed by atoms with Gasteiger partial charge in [-0.25, -0.2) is 4.79 Å². The molecule has 3 aromatic heterocycles. The number of carbonyl (C=O) groups is 2. The van der Waals surface area contributed by atoms with E-state index in [1.807, 2.05) is 17.5 Å². The number of aromatic amines is 1. The molecule has 0 spiro atoms. The van der Waals surface area contributed by atoms with Gasteiger partial charge in [0.15, 0.2) is 5.69 Å². The number of carboxylic acid groups (broad SMARTS) is 1. The van der Waals surface area contributed by atoms with Crippen LogP contribution in [0.25, 0.3) is 10.6 Å². The van der Waals surface area contributed by atoms with Crippen molar-refractivity contribution in [1.29, 1.82) is 0 Å². The molecule has 0 atom stereocenters. The van der Waals surface area contributed by atoms with Crippen molar-refractivity contribution in [3.63, 3.8) is 0 Å². The summed E-state index contributed by atoms with van der Waals surface area (Å²) >= 11 is 1.59. The third-order valence-electron chi connectivity index (χ3n) is 4.96. The Bertz CT molecular complexity index is 967. The molecule has 1 aliphatic rings. The highest BCUT2D eigenvalue weighted by Crippen LogP contribution is 2.27. The van der Waals surface area contributed by atoms with Gasteiger partial charge in [0, 0.05) is 13.1 Å². The van der Waals surface area contributed by atoms with E-state index in [0.717, 1.165) is 23.4 Å². The van der Waals surface area contributed by atoms with Gasteiger partial charge in [-0.05, 0) is 37.3 Å². The van der Waals surface area contributed by atoms with Gasteiger partial charge in [-0.3, -0.25) is 14.6 Å². The summed E-state index contributed by atoms with van der Waals surface area (Å²) in [7, 11) is 0. The van der Waals surface area contributed by atoms with Gasteiger partial charge in [0.1, 0.15) is 5.56 Å². The topological polar surface area (TPSA) is 104 Å². The molecule has 1 saturated heterocycles. The summed E-state index contributed by atoms with van der Waals surface area (Å²) in [6.07, 6.45) is 2.86. The van der Waals surface area contributed by atoms with E-state index in [0.29, 0.717) is 24.5 Å². The summed E-state index contributed by atoms with van der Waals surface area (Å²) < 4.78 is 1.77. The van der Waals surface area contributed by atoms with Crippen LogP contribution in [0.1, 0.15) is 45.4 Å². The maximum absolute atomic E-state index is 12.7. The van der Waals surface area contributed by atoms with Gasteiger partial charge in [-0.1, -0.05) is 6.07 Å². The number of aromatic carboxylic acids is 1. The van der Waals surface area contributed by atoms with Crippen LogP contribution in [0.2, 0.25) is 0 Å². The lowest BCUT2D eigenvalue weighted by Crippen LogP contribution is -2.39. The average Bonchev–Trinajstić information content (AvgIpc) is 3.41. The first-order valence-electron chi connectivity index (χ1n) is 8.70. The molecule has 27 heavy (non-hydrogen) atoms. The number of carboxylic acids is 1. The Balaban J connectivity index is 1.42. The lowest BCUT2D eigenvalue weighted by atomic mass is 10.0. The number of amides is 1. The minimum absolute atomic E-state index is 0.0871. The Kier molecular flexibility index (Phi) is 4.53. The number of hydrogen-bond donors (Lipinski definition) is 2. The van der Waals surface area contributed by atoms with E-state index >= 15 is 0 Å². The van der Waals surface area contributed by atoms with Gasteiger partial charge in [-0.15, -0.1) is 11.3 Å². The number of hydrogen-bond acceptors (Lipinski definition) is 5. The summed E-state index contributed by atoms with van der Waals surface area (Å²) in [4.78, 5) is 26.8. The van der Waals surface area contributed by atoms with E-state index in [1.54, 1.807) is 33.9 Å². The van der Waals surface area contributed by atoms with E-state index in [9.17, 15) is 14.7 Å². The fourth-order valence-corrected chi connectivity index (χ4v) is 4.16. The molecule has 1 amide bonds. The second-order valence-corrected chi connectivity index (χ2v) is 7.51. The Morgan fingerprint density at radius 2 is 2.11 bits per heavy atom. The van der Waals surface area contributed by atoms with E-state index in [2.05, 4.69) is 15.3 Å². The fraction of sp³-hybridized carbons (Fsp3) is 0.333. The maximum Gasteiger partial charge on any atom is 0.339 e. The van der Waals surface area contributed by atoms with Crippen molar-refractivity contribution in [1.82, 2.24) is 24.9 Å². The minimum Gasteiger partial charge on any atom is -0.478 e. The van der Waals surface area contributed by atoms with Crippen LogP contribution in [-0.4, -0.2) is 55.0 Å². The molecule has 8 nitrogen and oxygen atoms in total. The second kappa shape index (κ2) is 6.99. The van der Waals surface area contributed by atoms with Gasteiger partial charge in [0.05, 0.1) is 28.5 Å². The van der Waals surface area contributed by atoms with Crippen molar-refractivity contribution in [2.75, 3.05) is 13.1 Å². The van der Waals surface area contributed by atoms with E-state index in [4.69, 9.17) is 0 Å². The standard InChI is InChI=1S/C18H19N5O3S/c1-11-13(18(25)26)10-19-23(11)12-4-6-22(7-5-12)17(24)15-9-14(20-21-15)16-3-2-8-27-16/h2-3,8-10,12H,4-7H2,1H3,(H,20,21)(H,25,26). The van der Waals surface area contributed by atoms with Crippen molar-refractivity contribution in [2.45, 2.75) is 25.8 Å². The van der Waals surface area contributed by atoms with Crippen molar-refractivity contribution >= 4 is 23.2 Å². The molecule has 140 valence electrons. The van der Waals surface area contributed by atoms with Crippen LogP contribution in [0.5, 0.6) is 0 Å². The summed E-state index contributed by atoms with van der Waals surface area (Å²) in [6, 6.07) is 5.83. The summed E-state index contributed by atoms with van der Waals surface area (Å²) in [6.45, 7) is 2.95. The smallest absolute Gasteiger partial charge is 0.339 e. The zero-order valence-corrected chi connectivity index (χ0v) is 15.6. The number of aromatic nitrogens is 4. The SMILES string of the molecule is Cc1c(C(=O)O)cnn1C1CCN(C(=O)c2cc(-c3cccs3)[nH]n2)CC1. The largest absolute Gasteiger partial charge is 0.478 e. The van der Waals surface area contributed by atoms with Crippen LogP contribution in [-0.2, 0) is 0 Å². The van der Waals surface area contributed by atoms with Crippen molar-refractivity contribution < 1.29 is 14.7 Å². The fourth-order valence-electron chi connectivity index (χ4n) is 3.47. The van der Waals surface area contributed by atoms with Gasteiger partial charge < -0.3 is 10.0 Å². The number of thiophene rings is 1. The predicted octanol–water partition coefficient (Wildman–Crippen LogP) is 2.82. The third-order valence-corrected chi connectivity index (χ3v) is 5.86. The van der Waals surface area contributed by atoms with Gasteiger partial charge in [0.25, 0.3) is 5.91 Å². The molecule has 4 rings (SSSR count). The molecule has 4 heterocycles. The second-order valence-electron chi connectivity index (χ2n) is 6.56. The molecule has 0 radical (unpaired) electrons. The molecule has 0 unspecified atom stereocenters. The molecule has 0 saturated carbocycles. The van der Waals surface area contributed by atoms with E-state index < -0.39 is 5.97 Å². The van der Waals surface area contributed by atoms with Crippen LogP contribution in [0, 0.1) is 6.92 Å². The van der Waals surface area contributed by atoms with E-state index in [1.165, 1.54) is 6.20 Å². The van der Waals surface area contributed by atoms with E-state index in [-0.39, 0.29) is 17.5 Å². The normalized spacial score (nSPS) is 15.2. The Hall–Kier alpha value is -2.94. The first-order valence-corrected chi connectivity index (χ1v) is 9.58. The molecule has 0 aromatic carbocycles. The number of piperidine rings is 1. The van der Waals surface area contributed by atoms with Crippen LogP contribution >= 0.6 is 11.3 Å². The van der Waals surface area contributed by atoms with Gasteiger partial charge in [-0.2, -0.15) is 10.2 Å². The summed E-state index contributed by atoms with van der Waals surface area (Å²) in [5.41, 5.74) is 2.14. The zero-order chi connectivity index (χ0) is 19.0. The highest BCUT2D eigenvalue weighted by molar-refractivity contribution is 7.13. The lowest BCUT2D eigenvalue weighted by molar-refractivity contribution is 0.0682. The number of nitrogens with one attached hydrogen (secondary N) is 1. The molecular weight excluding hydrogens is 366 g/mol. The number of nitrogens with zero attached hydrogens (tertiary/aromatic N) is 4. The molecule has 1 aliphatic heterocycles. The molecular formula is C18H19N5O3S. The van der Waals surface area contributed by atoms with Gasteiger partial charge >= 0.3 is 5.97 Å². The Labute approximate surface area is 159 Å². The molecule has 3 aromatic rings. The average molecular weight is 385 g/mol. The first kappa shape index (κ1) is 17.5. The van der Waals surface area contributed by atoms with Crippen LogP contribution in [0.15, 0.2) is 29.8 Å². The van der Waals surface area contributed by atoms with Crippen LogP contribution < -0.4 is 0 Å².